The zero-order valence-electron chi connectivity index (χ0n) is 17.8. The van der Waals surface area contributed by atoms with Gasteiger partial charge < -0.3 is 10.2 Å². The van der Waals surface area contributed by atoms with Crippen molar-refractivity contribution in [3.63, 3.8) is 0 Å². The summed E-state index contributed by atoms with van der Waals surface area (Å²) in [6, 6.07) is 34.0. The molecule has 0 fully saturated rings. The normalized spacial score (nSPS) is 11.4. The first kappa shape index (κ1) is 20.1. The van der Waals surface area contributed by atoms with Gasteiger partial charge in [-0.2, -0.15) is 0 Å². The number of benzene rings is 5. The molecule has 0 aromatic heterocycles. The van der Waals surface area contributed by atoms with Gasteiger partial charge in [-0.1, -0.05) is 91.0 Å². The third-order valence-electron chi connectivity index (χ3n) is 6.04. The number of hydrogen-bond donors (Lipinski definition) is 2. The van der Waals surface area contributed by atoms with Crippen LogP contribution in [-0.2, 0) is 19.6 Å². The molecule has 2 N–H and O–H groups in total. The van der Waals surface area contributed by atoms with Crippen LogP contribution in [0, 0.1) is 0 Å². The molecule has 0 aliphatic carbocycles. The Hall–Kier alpha value is -3.82. The van der Waals surface area contributed by atoms with Crippen molar-refractivity contribution >= 4 is 21.5 Å². The van der Waals surface area contributed by atoms with Crippen LogP contribution in [0.4, 0.5) is 0 Å². The Bertz CT molecular complexity index is 1290. The van der Waals surface area contributed by atoms with Crippen molar-refractivity contribution in [2.75, 3.05) is 0 Å². The van der Waals surface area contributed by atoms with E-state index in [4.69, 9.17) is 0 Å². The third kappa shape index (κ3) is 4.03. The van der Waals surface area contributed by atoms with Crippen molar-refractivity contribution in [2.45, 2.75) is 19.6 Å². The Morgan fingerprint density at radius 1 is 0.469 bits per heavy atom. The molecule has 0 atom stereocenters. The molecule has 5 aromatic rings. The van der Waals surface area contributed by atoms with Crippen LogP contribution in [0.1, 0.15) is 16.7 Å². The minimum absolute atomic E-state index is 0.295. The highest BCUT2D eigenvalue weighted by molar-refractivity contribution is 5.88. The fourth-order valence-corrected chi connectivity index (χ4v) is 4.44. The van der Waals surface area contributed by atoms with Gasteiger partial charge in [0.25, 0.3) is 0 Å². The fraction of sp³-hybridized carbons (Fsp3) is 0.103. The lowest BCUT2D eigenvalue weighted by atomic mass is 10.0. The first-order chi connectivity index (χ1) is 15.7. The molecule has 0 heterocycles. The Morgan fingerprint density at radius 2 is 0.938 bits per heavy atom. The first-order valence-corrected chi connectivity index (χ1v) is 10.8. The van der Waals surface area contributed by atoms with Gasteiger partial charge in [-0.05, 0) is 39.2 Å². The molecular weight excluding hydrogens is 394 g/mol. The Labute approximate surface area is 187 Å². The number of nitrogens with zero attached hydrogens (tertiary/aromatic N) is 1. The average molecular weight is 420 g/mol. The van der Waals surface area contributed by atoms with E-state index in [0.29, 0.717) is 31.1 Å². The van der Waals surface area contributed by atoms with Gasteiger partial charge in [0, 0.05) is 30.8 Å². The molecule has 158 valence electrons. The van der Waals surface area contributed by atoms with Gasteiger partial charge >= 0.3 is 0 Å². The molecule has 3 nitrogen and oxygen atoms in total. The van der Waals surface area contributed by atoms with Crippen LogP contribution >= 0.6 is 0 Å². The summed E-state index contributed by atoms with van der Waals surface area (Å²) in [6.45, 7) is 1.82. The standard InChI is InChI=1S/C29H25NO2/c31-28-16-14-22-10-4-6-12-24(22)26(28)19-30(18-21-8-2-1-3-9-21)20-27-25-13-7-5-11-23(25)15-17-29(27)32/h1-17,31-32H,18-20H2. The van der Waals surface area contributed by atoms with Crippen molar-refractivity contribution in [1.29, 1.82) is 0 Å². The van der Waals surface area contributed by atoms with Gasteiger partial charge in [-0.3, -0.25) is 4.90 Å². The summed E-state index contributed by atoms with van der Waals surface area (Å²) in [7, 11) is 0. The van der Waals surface area contributed by atoms with Crippen molar-refractivity contribution in [1.82, 2.24) is 4.90 Å². The Morgan fingerprint density at radius 3 is 1.47 bits per heavy atom. The van der Waals surface area contributed by atoms with E-state index >= 15 is 0 Å². The summed E-state index contributed by atoms with van der Waals surface area (Å²) < 4.78 is 0. The molecule has 0 aliphatic heterocycles. The Kier molecular flexibility index (Phi) is 5.49. The van der Waals surface area contributed by atoms with Gasteiger partial charge in [-0.25, -0.2) is 0 Å². The Balaban J connectivity index is 1.57. The van der Waals surface area contributed by atoms with Crippen LogP contribution in [0.15, 0.2) is 103 Å². The highest BCUT2D eigenvalue weighted by atomic mass is 16.3. The van der Waals surface area contributed by atoms with Gasteiger partial charge in [0.2, 0.25) is 0 Å². The minimum atomic E-state index is 0.295. The topological polar surface area (TPSA) is 43.7 Å². The molecule has 3 heteroatoms. The molecule has 0 radical (unpaired) electrons. The molecular formula is C29H25NO2. The first-order valence-electron chi connectivity index (χ1n) is 10.8. The lowest BCUT2D eigenvalue weighted by Gasteiger charge is -2.25. The van der Waals surface area contributed by atoms with Crippen molar-refractivity contribution in [2.24, 2.45) is 0 Å². The van der Waals surface area contributed by atoms with E-state index < -0.39 is 0 Å². The molecule has 0 saturated heterocycles. The highest BCUT2D eigenvalue weighted by Gasteiger charge is 2.17. The molecule has 5 rings (SSSR count). The summed E-state index contributed by atoms with van der Waals surface area (Å²) >= 11 is 0. The van der Waals surface area contributed by atoms with Crippen molar-refractivity contribution < 1.29 is 10.2 Å². The predicted octanol–water partition coefficient (Wildman–Crippen LogP) is 6.61. The summed E-state index contributed by atoms with van der Waals surface area (Å²) in [6.07, 6.45) is 0. The number of rotatable bonds is 6. The zero-order valence-corrected chi connectivity index (χ0v) is 17.8. The number of phenolic OH excluding ortho intramolecular Hbond substituents is 2. The minimum Gasteiger partial charge on any atom is -0.508 e. The summed E-state index contributed by atoms with van der Waals surface area (Å²) in [5.41, 5.74) is 2.99. The van der Waals surface area contributed by atoms with Crippen LogP contribution in [0.3, 0.4) is 0 Å². The summed E-state index contributed by atoms with van der Waals surface area (Å²) in [5.74, 6) is 0.591. The van der Waals surface area contributed by atoms with E-state index in [-0.39, 0.29) is 0 Å². The average Bonchev–Trinajstić information content (AvgIpc) is 2.83. The third-order valence-corrected chi connectivity index (χ3v) is 6.04. The lowest BCUT2D eigenvalue weighted by Crippen LogP contribution is -2.23. The summed E-state index contributed by atoms with van der Waals surface area (Å²) in [5, 5.41) is 25.8. The number of phenols is 2. The summed E-state index contributed by atoms with van der Waals surface area (Å²) in [4.78, 5) is 2.28. The maximum Gasteiger partial charge on any atom is 0.120 e. The van der Waals surface area contributed by atoms with E-state index in [0.717, 1.165) is 32.7 Å². The molecule has 0 unspecified atom stereocenters. The maximum atomic E-state index is 10.7. The van der Waals surface area contributed by atoms with Crippen LogP contribution < -0.4 is 0 Å². The van der Waals surface area contributed by atoms with E-state index in [1.165, 1.54) is 5.56 Å². The van der Waals surface area contributed by atoms with Gasteiger partial charge in [0.15, 0.2) is 0 Å². The van der Waals surface area contributed by atoms with Crippen molar-refractivity contribution in [3.8, 4) is 11.5 Å². The highest BCUT2D eigenvalue weighted by Crippen LogP contribution is 2.32. The van der Waals surface area contributed by atoms with Crippen molar-refractivity contribution in [3.05, 3.63) is 120 Å². The largest absolute Gasteiger partial charge is 0.508 e. The SMILES string of the molecule is Oc1ccc2ccccc2c1CN(Cc1ccccc1)Cc1c(O)ccc2ccccc12. The number of fused-ring (bicyclic) bond motifs is 2. The fourth-order valence-electron chi connectivity index (χ4n) is 4.44. The second kappa shape index (κ2) is 8.74. The van der Waals surface area contributed by atoms with Crippen LogP contribution in [0.2, 0.25) is 0 Å². The van der Waals surface area contributed by atoms with Gasteiger partial charge in [-0.15, -0.1) is 0 Å². The van der Waals surface area contributed by atoms with E-state index in [1.54, 1.807) is 12.1 Å². The second-order valence-corrected chi connectivity index (χ2v) is 8.20. The number of hydrogen-bond acceptors (Lipinski definition) is 3. The molecule has 0 spiro atoms. The molecule has 0 aliphatic rings. The molecule has 0 saturated carbocycles. The van der Waals surface area contributed by atoms with Gasteiger partial charge in [0.1, 0.15) is 11.5 Å². The van der Waals surface area contributed by atoms with E-state index in [1.807, 2.05) is 54.6 Å². The van der Waals surface area contributed by atoms with Crippen LogP contribution in [0.25, 0.3) is 21.5 Å². The smallest absolute Gasteiger partial charge is 0.120 e. The maximum absolute atomic E-state index is 10.7. The molecule has 0 bridgehead atoms. The predicted molar refractivity (Wildman–Crippen MR) is 131 cm³/mol. The monoisotopic (exact) mass is 419 g/mol. The van der Waals surface area contributed by atoms with E-state index in [9.17, 15) is 10.2 Å². The molecule has 0 amide bonds. The lowest BCUT2D eigenvalue weighted by molar-refractivity contribution is 0.243. The van der Waals surface area contributed by atoms with Crippen LogP contribution in [-0.4, -0.2) is 15.1 Å². The zero-order chi connectivity index (χ0) is 21.9. The quantitative estimate of drug-likeness (QED) is 0.326. The molecule has 5 aromatic carbocycles. The number of aromatic hydroxyl groups is 2. The second-order valence-electron chi connectivity index (χ2n) is 8.20. The van der Waals surface area contributed by atoms with Gasteiger partial charge in [0.05, 0.1) is 0 Å². The van der Waals surface area contributed by atoms with E-state index in [2.05, 4.69) is 41.3 Å². The molecule has 32 heavy (non-hydrogen) atoms. The van der Waals surface area contributed by atoms with Crippen LogP contribution in [0.5, 0.6) is 11.5 Å².